The van der Waals surface area contributed by atoms with E-state index in [1.165, 1.54) is 0 Å². The topological polar surface area (TPSA) is 75.7 Å². The van der Waals surface area contributed by atoms with E-state index in [1.54, 1.807) is 31.2 Å². The lowest BCUT2D eigenvalue weighted by atomic mass is 10.1. The SMILES string of the molecule is CCOc1ccc([C@H](C)NC(=O)[C@@H](C)N(c2ccc(Cl)cc2)S(C)(=O)=O)cc1. The van der Waals surface area contributed by atoms with Gasteiger partial charge in [0.15, 0.2) is 0 Å². The lowest BCUT2D eigenvalue weighted by Crippen LogP contribution is -2.48. The van der Waals surface area contributed by atoms with Crippen LogP contribution in [0.5, 0.6) is 5.75 Å². The number of amides is 1. The first-order valence-electron chi connectivity index (χ1n) is 8.91. The quantitative estimate of drug-likeness (QED) is 0.699. The number of benzene rings is 2. The average molecular weight is 425 g/mol. The number of halogens is 1. The highest BCUT2D eigenvalue weighted by Crippen LogP contribution is 2.24. The molecule has 0 aliphatic carbocycles. The largest absolute Gasteiger partial charge is 0.494 e. The second kappa shape index (κ2) is 9.30. The van der Waals surface area contributed by atoms with Crippen molar-refractivity contribution >= 4 is 33.2 Å². The minimum absolute atomic E-state index is 0.294. The maximum atomic E-state index is 12.8. The summed E-state index contributed by atoms with van der Waals surface area (Å²) in [6.07, 6.45) is 1.07. The maximum Gasteiger partial charge on any atom is 0.244 e. The fourth-order valence-electron chi connectivity index (χ4n) is 2.83. The van der Waals surface area contributed by atoms with Crippen LogP contribution >= 0.6 is 11.6 Å². The number of rotatable bonds is 8. The van der Waals surface area contributed by atoms with Crippen molar-refractivity contribution < 1.29 is 17.9 Å². The van der Waals surface area contributed by atoms with Gasteiger partial charge in [-0.2, -0.15) is 0 Å². The van der Waals surface area contributed by atoms with E-state index >= 15 is 0 Å². The first-order chi connectivity index (χ1) is 13.1. The predicted octanol–water partition coefficient (Wildman–Crippen LogP) is 3.77. The molecule has 0 saturated heterocycles. The molecule has 2 aromatic carbocycles. The van der Waals surface area contributed by atoms with Crippen LogP contribution in [0.15, 0.2) is 48.5 Å². The van der Waals surface area contributed by atoms with Crippen LogP contribution in [0.1, 0.15) is 32.4 Å². The molecule has 2 rings (SSSR count). The van der Waals surface area contributed by atoms with Crippen LogP contribution < -0.4 is 14.4 Å². The number of nitrogens with zero attached hydrogens (tertiary/aromatic N) is 1. The Kier molecular flexibility index (Phi) is 7.32. The van der Waals surface area contributed by atoms with Crippen molar-refractivity contribution in [1.82, 2.24) is 5.32 Å². The standard InChI is InChI=1S/C20H25ClN2O4S/c1-5-27-19-12-6-16(7-13-19)14(2)22-20(24)15(3)23(28(4,25)26)18-10-8-17(21)9-11-18/h6-15H,5H2,1-4H3,(H,22,24)/t14-,15+/m0/s1. The molecule has 0 aliphatic rings. The number of carbonyl (C=O) groups is 1. The maximum absolute atomic E-state index is 12.8. The minimum Gasteiger partial charge on any atom is -0.494 e. The zero-order valence-electron chi connectivity index (χ0n) is 16.3. The van der Waals surface area contributed by atoms with Crippen molar-refractivity contribution in [3.05, 3.63) is 59.1 Å². The first-order valence-corrected chi connectivity index (χ1v) is 11.1. The molecule has 6 nitrogen and oxygen atoms in total. The van der Waals surface area contributed by atoms with Gasteiger partial charge >= 0.3 is 0 Å². The molecular formula is C20H25ClN2O4S. The van der Waals surface area contributed by atoms with Gasteiger partial charge in [-0.3, -0.25) is 9.10 Å². The van der Waals surface area contributed by atoms with E-state index in [2.05, 4.69) is 5.32 Å². The second-order valence-corrected chi connectivity index (χ2v) is 8.74. The predicted molar refractivity (Wildman–Crippen MR) is 112 cm³/mol. The van der Waals surface area contributed by atoms with E-state index in [4.69, 9.17) is 16.3 Å². The lowest BCUT2D eigenvalue weighted by molar-refractivity contribution is -0.122. The molecule has 0 heterocycles. The van der Waals surface area contributed by atoms with Crippen molar-refractivity contribution in [2.45, 2.75) is 32.9 Å². The Hall–Kier alpha value is -2.25. The summed E-state index contributed by atoms with van der Waals surface area (Å²) in [7, 11) is -3.67. The van der Waals surface area contributed by atoms with Crippen molar-refractivity contribution in [1.29, 1.82) is 0 Å². The molecule has 1 amide bonds. The van der Waals surface area contributed by atoms with Gasteiger partial charge in [0.05, 0.1) is 24.6 Å². The third-order valence-electron chi connectivity index (χ3n) is 4.22. The van der Waals surface area contributed by atoms with E-state index in [-0.39, 0.29) is 6.04 Å². The van der Waals surface area contributed by atoms with E-state index in [0.29, 0.717) is 17.3 Å². The summed E-state index contributed by atoms with van der Waals surface area (Å²) in [5.74, 6) is 0.353. The molecule has 0 fully saturated rings. The monoisotopic (exact) mass is 424 g/mol. The number of nitrogens with one attached hydrogen (secondary N) is 1. The van der Waals surface area contributed by atoms with Gasteiger partial charge in [-0.1, -0.05) is 23.7 Å². The highest BCUT2D eigenvalue weighted by molar-refractivity contribution is 7.92. The fraction of sp³-hybridized carbons (Fsp3) is 0.350. The van der Waals surface area contributed by atoms with Crippen molar-refractivity contribution in [3.8, 4) is 5.75 Å². The molecule has 0 bridgehead atoms. The molecule has 0 aliphatic heterocycles. The fourth-order valence-corrected chi connectivity index (χ4v) is 4.13. The molecule has 28 heavy (non-hydrogen) atoms. The zero-order valence-corrected chi connectivity index (χ0v) is 17.9. The third-order valence-corrected chi connectivity index (χ3v) is 5.71. The number of hydrogen-bond acceptors (Lipinski definition) is 4. The van der Waals surface area contributed by atoms with Gasteiger partial charge in [0.2, 0.25) is 15.9 Å². The van der Waals surface area contributed by atoms with E-state index in [1.807, 2.05) is 38.1 Å². The van der Waals surface area contributed by atoms with Crippen molar-refractivity contribution in [2.24, 2.45) is 0 Å². The first kappa shape index (κ1) is 22.0. The summed E-state index contributed by atoms with van der Waals surface area (Å²) in [6.45, 7) is 5.88. The van der Waals surface area contributed by atoms with E-state index < -0.39 is 22.0 Å². The van der Waals surface area contributed by atoms with Gasteiger partial charge < -0.3 is 10.1 Å². The molecule has 8 heteroatoms. The number of sulfonamides is 1. The van der Waals surface area contributed by atoms with Gasteiger partial charge in [0.25, 0.3) is 0 Å². The molecule has 1 N–H and O–H groups in total. The van der Waals surface area contributed by atoms with Crippen LogP contribution in [-0.2, 0) is 14.8 Å². The van der Waals surface area contributed by atoms with Gasteiger partial charge in [-0.05, 0) is 62.7 Å². The Morgan fingerprint density at radius 3 is 2.18 bits per heavy atom. The molecule has 0 aromatic heterocycles. The Morgan fingerprint density at radius 2 is 1.68 bits per heavy atom. The molecule has 0 radical (unpaired) electrons. The lowest BCUT2D eigenvalue weighted by Gasteiger charge is -2.29. The molecule has 0 spiro atoms. The van der Waals surface area contributed by atoms with Gasteiger partial charge in [-0.15, -0.1) is 0 Å². The van der Waals surface area contributed by atoms with Crippen LogP contribution in [0.2, 0.25) is 5.02 Å². The van der Waals surface area contributed by atoms with E-state index in [0.717, 1.165) is 21.9 Å². The zero-order chi connectivity index (χ0) is 20.9. The smallest absolute Gasteiger partial charge is 0.244 e. The number of hydrogen-bond donors (Lipinski definition) is 1. The number of ether oxygens (including phenoxy) is 1. The summed E-state index contributed by atoms with van der Waals surface area (Å²) < 4.78 is 31.1. The minimum atomic E-state index is -3.67. The normalized spacial score (nSPS) is 13.5. The molecule has 2 atom stereocenters. The van der Waals surface area contributed by atoms with Crippen LogP contribution in [0.4, 0.5) is 5.69 Å². The summed E-state index contributed by atoms with van der Waals surface area (Å²) >= 11 is 5.88. The second-order valence-electron chi connectivity index (χ2n) is 6.44. The summed E-state index contributed by atoms with van der Waals surface area (Å²) in [5, 5.41) is 3.35. The summed E-state index contributed by atoms with van der Waals surface area (Å²) in [5.41, 5.74) is 1.27. The Balaban J connectivity index is 2.17. The number of carbonyl (C=O) groups excluding carboxylic acids is 1. The van der Waals surface area contributed by atoms with Crippen LogP contribution in [0.3, 0.4) is 0 Å². The molecular weight excluding hydrogens is 400 g/mol. The van der Waals surface area contributed by atoms with Gasteiger partial charge in [-0.25, -0.2) is 8.42 Å². The summed E-state index contributed by atoms with van der Waals surface area (Å²) in [4.78, 5) is 12.8. The molecule has 2 aromatic rings. The van der Waals surface area contributed by atoms with Crippen LogP contribution in [0.25, 0.3) is 0 Å². The van der Waals surface area contributed by atoms with E-state index in [9.17, 15) is 13.2 Å². The van der Waals surface area contributed by atoms with Crippen molar-refractivity contribution in [3.63, 3.8) is 0 Å². The average Bonchev–Trinajstić information content (AvgIpc) is 2.63. The molecule has 0 saturated carbocycles. The van der Waals surface area contributed by atoms with Gasteiger partial charge in [0.1, 0.15) is 11.8 Å². The van der Waals surface area contributed by atoms with Gasteiger partial charge in [0, 0.05) is 5.02 Å². The highest BCUT2D eigenvalue weighted by Gasteiger charge is 2.29. The number of anilines is 1. The van der Waals surface area contributed by atoms with Crippen LogP contribution in [0, 0.1) is 0 Å². The van der Waals surface area contributed by atoms with Crippen LogP contribution in [-0.4, -0.2) is 33.2 Å². The molecule has 0 unspecified atom stereocenters. The third kappa shape index (κ3) is 5.62. The Labute approximate surface area is 171 Å². The Morgan fingerprint density at radius 1 is 1.11 bits per heavy atom. The van der Waals surface area contributed by atoms with Crippen molar-refractivity contribution in [2.75, 3.05) is 17.2 Å². The molecule has 152 valence electrons. The summed E-state index contributed by atoms with van der Waals surface area (Å²) in [6, 6.07) is 12.5. The Bertz CT molecular complexity index is 899. The highest BCUT2D eigenvalue weighted by atomic mass is 35.5.